The van der Waals surface area contributed by atoms with Crippen molar-refractivity contribution in [3.05, 3.63) is 60.8 Å². The third kappa shape index (κ3) is 4.36. The van der Waals surface area contributed by atoms with Crippen LogP contribution in [0.1, 0.15) is 5.69 Å². The van der Waals surface area contributed by atoms with Gasteiger partial charge in [0.2, 0.25) is 0 Å². The summed E-state index contributed by atoms with van der Waals surface area (Å²) in [7, 11) is 0. The molecule has 90 valence electrons. The molecule has 1 aromatic carbocycles. The van der Waals surface area contributed by atoms with Gasteiger partial charge in [0.05, 0.1) is 11.4 Å². The Labute approximate surface area is 111 Å². The van der Waals surface area contributed by atoms with E-state index in [1.807, 2.05) is 42.5 Å². The Morgan fingerprint density at radius 1 is 1.00 bits per heavy atom. The van der Waals surface area contributed by atoms with Gasteiger partial charge in [0, 0.05) is 5.56 Å². The predicted octanol–water partition coefficient (Wildman–Crippen LogP) is 3.31. The molecule has 1 aromatic heterocycles. The number of benzene rings is 1. The van der Waals surface area contributed by atoms with Crippen LogP contribution in [0.25, 0.3) is 11.3 Å². The number of alkyl halides is 1. The molecule has 0 N–H and O–H groups in total. The van der Waals surface area contributed by atoms with Gasteiger partial charge in [-0.15, -0.1) is 0 Å². The van der Waals surface area contributed by atoms with Crippen LogP contribution >= 0.6 is 0 Å². The van der Waals surface area contributed by atoms with E-state index in [1.54, 1.807) is 6.07 Å². The van der Waals surface area contributed by atoms with E-state index >= 15 is 0 Å². The third-order valence-electron chi connectivity index (χ3n) is 2.01. The molecule has 0 aliphatic rings. The minimum atomic E-state index is -0.513. The average molecular weight is 277 g/mol. The fourth-order valence-electron chi connectivity index (χ4n) is 1.32. The van der Waals surface area contributed by atoms with Gasteiger partial charge >= 0.3 is 17.1 Å². The summed E-state index contributed by atoms with van der Waals surface area (Å²) >= 11 is 0. The average Bonchev–Trinajstić information content (AvgIpc) is 2.42. The van der Waals surface area contributed by atoms with Gasteiger partial charge in [-0.3, -0.25) is 4.98 Å². The van der Waals surface area contributed by atoms with E-state index in [9.17, 15) is 4.39 Å². The molecule has 0 atom stereocenters. The summed E-state index contributed by atoms with van der Waals surface area (Å²) in [6.45, 7) is 4.24. The summed E-state index contributed by atoms with van der Waals surface area (Å²) in [6.07, 6.45) is 0. The minimum Gasteiger partial charge on any atom is -0.512 e. The number of rotatable bonds is 2. The molecule has 0 radical (unpaired) electrons. The third-order valence-corrected chi connectivity index (χ3v) is 2.01. The van der Waals surface area contributed by atoms with E-state index < -0.39 is 6.67 Å². The number of hydrogen-bond acceptors (Lipinski definition) is 2. The van der Waals surface area contributed by atoms with Crippen LogP contribution in [0.3, 0.4) is 0 Å². The molecule has 1 heterocycles. The van der Waals surface area contributed by atoms with E-state index in [4.69, 9.17) is 11.8 Å². The quantitative estimate of drug-likeness (QED) is 0.623. The van der Waals surface area contributed by atoms with E-state index in [0.29, 0.717) is 5.69 Å². The van der Waals surface area contributed by atoms with Crippen molar-refractivity contribution in [1.29, 1.82) is 5.26 Å². The van der Waals surface area contributed by atoms with E-state index in [1.165, 1.54) is 0 Å². The van der Waals surface area contributed by atoms with Crippen LogP contribution in [0.5, 0.6) is 0 Å². The second-order valence-corrected chi connectivity index (χ2v) is 3.01. The Morgan fingerprint density at radius 3 is 2.24 bits per heavy atom. The first-order chi connectivity index (χ1) is 7.90. The van der Waals surface area contributed by atoms with Crippen molar-refractivity contribution in [2.75, 3.05) is 0 Å². The Balaban J connectivity index is 0.000000811. The number of pyridine rings is 1. The Bertz CT molecular complexity index is 457. The fourth-order valence-corrected chi connectivity index (χ4v) is 1.32. The maximum atomic E-state index is 12.4. The molecule has 0 aliphatic carbocycles. The molecule has 2 nitrogen and oxygen atoms in total. The van der Waals surface area contributed by atoms with Gasteiger partial charge in [0.1, 0.15) is 6.67 Å². The van der Waals surface area contributed by atoms with E-state index in [-0.39, 0.29) is 17.1 Å². The molecular weight excluding hydrogens is 267 g/mol. The van der Waals surface area contributed by atoms with Crippen molar-refractivity contribution in [2.45, 2.75) is 6.67 Å². The molecule has 0 fully saturated rings. The molecular formula is C13H10CuFN2. The molecule has 0 amide bonds. The van der Waals surface area contributed by atoms with Gasteiger partial charge in [-0.05, 0) is 12.1 Å². The van der Waals surface area contributed by atoms with Crippen molar-refractivity contribution in [2.24, 2.45) is 0 Å². The van der Waals surface area contributed by atoms with E-state index in [0.717, 1.165) is 11.3 Å². The smallest absolute Gasteiger partial charge is 0.512 e. The monoisotopic (exact) mass is 276 g/mol. The van der Waals surface area contributed by atoms with Crippen LogP contribution in [-0.2, 0) is 23.7 Å². The second-order valence-electron chi connectivity index (χ2n) is 3.01. The zero-order valence-corrected chi connectivity index (χ0v) is 9.84. The first kappa shape index (κ1) is 15.3. The molecule has 2 rings (SSSR count). The normalized spacial score (nSPS) is 8.41. The molecule has 0 saturated heterocycles. The molecule has 4 heteroatoms. The minimum absolute atomic E-state index is 0. The van der Waals surface area contributed by atoms with Crippen LogP contribution in [0.15, 0.2) is 48.5 Å². The molecule has 0 aliphatic heterocycles. The summed E-state index contributed by atoms with van der Waals surface area (Å²) < 4.78 is 12.4. The number of hydrogen-bond donors (Lipinski definition) is 0. The molecule has 0 saturated carbocycles. The Morgan fingerprint density at radius 2 is 1.65 bits per heavy atom. The fraction of sp³-hybridized carbons (Fsp3) is 0.0769. The van der Waals surface area contributed by atoms with Crippen LogP contribution in [-0.4, -0.2) is 4.98 Å². The maximum absolute atomic E-state index is 12.4. The SMILES string of the molecule is FCc1cccc(-c2ccccc2)n1.[C-]#N.[Cu+]. The van der Waals surface area contributed by atoms with Crippen molar-refractivity contribution in [1.82, 2.24) is 4.98 Å². The van der Waals surface area contributed by atoms with Gasteiger partial charge in [0.15, 0.2) is 0 Å². The zero-order valence-electron chi connectivity index (χ0n) is 8.90. The summed E-state index contributed by atoms with van der Waals surface area (Å²) in [5, 5.41) is 6.25. The standard InChI is InChI=1S/C12H10FN.CN.Cu/c13-9-11-7-4-8-12(14-11)10-5-2-1-3-6-10;1-2;/h1-8H,9H2;;/q;-1;+1. The van der Waals surface area contributed by atoms with Crippen LogP contribution in [0.2, 0.25) is 0 Å². The van der Waals surface area contributed by atoms with Crippen molar-refractivity contribution < 1.29 is 21.5 Å². The van der Waals surface area contributed by atoms with Gasteiger partial charge < -0.3 is 11.8 Å². The van der Waals surface area contributed by atoms with Gasteiger partial charge in [-0.1, -0.05) is 36.4 Å². The molecule has 2 aromatic rings. The Hall–Kier alpha value is -1.69. The number of nitrogens with zero attached hydrogens (tertiary/aromatic N) is 2. The van der Waals surface area contributed by atoms with Gasteiger partial charge in [-0.2, -0.15) is 0 Å². The number of aromatic nitrogens is 1. The summed E-state index contributed by atoms with van der Waals surface area (Å²) in [4.78, 5) is 4.19. The summed E-state index contributed by atoms with van der Waals surface area (Å²) in [5.74, 6) is 0. The second kappa shape index (κ2) is 8.46. The van der Waals surface area contributed by atoms with Gasteiger partial charge in [-0.25, -0.2) is 4.39 Å². The first-order valence-corrected chi connectivity index (χ1v) is 4.70. The summed E-state index contributed by atoms with van der Waals surface area (Å²) in [5.41, 5.74) is 2.31. The maximum Gasteiger partial charge on any atom is 1.00 e. The molecule has 0 unspecified atom stereocenters. The topological polar surface area (TPSA) is 36.7 Å². The molecule has 17 heavy (non-hydrogen) atoms. The predicted molar refractivity (Wildman–Crippen MR) is 59.5 cm³/mol. The van der Waals surface area contributed by atoms with Crippen LogP contribution < -0.4 is 0 Å². The van der Waals surface area contributed by atoms with Crippen LogP contribution in [0.4, 0.5) is 4.39 Å². The van der Waals surface area contributed by atoms with Crippen molar-refractivity contribution in [3.63, 3.8) is 0 Å². The number of halogens is 1. The summed E-state index contributed by atoms with van der Waals surface area (Å²) in [6, 6.07) is 15.2. The molecule has 0 spiro atoms. The van der Waals surface area contributed by atoms with Crippen molar-refractivity contribution in [3.8, 4) is 11.3 Å². The zero-order chi connectivity index (χ0) is 11.8. The van der Waals surface area contributed by atoms with Gasteiger partial charge in [0.25, 0.3) is 0 Å². The van der Waals surface area contributed by atoms with Crippen molar-refractivity contribution >= 4 is 0 Å². The van der Waals surface area contributed by atoms with E-state index in [2.05, 4.69) is 4.98 Å². The Kier molecular flexibility index (Phi) is 7.62. The van der Waals surface area contributed by atoms with Crippen LogP contribution in [0, 0.1) is 11.8 Å². The first-order valence-electron chi connectivity index (χ1n) is 4.70. The largest absolute Gasteiger partial charge is 1.00 e. The molecule has 0 bridgehead atoms.